The van der Waals surface area contributed by atoms with Crippen LogP contribution in [0.2, 0.25) is 0 Å². The van der Waals surface area contributed by atoms with Crippen LogP contribution in [0.15, 0.2) is 0 Å². The number of piperidine rings is 1. The summed E-state index contributed by atoms with van der Waals surface area (Å²) in [6.07, 6.45) is 9.91. The predicted octanol–water partition coefficient (Wildman–Crippen LogP) is 3.92. The monoisotopic (exact) mass is 266 g/mol. The first kappa shape index (κ1) is 14.7. The average molecular weight is 266 g/mol. The third-order valence-electron chi connectivity index (χ3n) is 5.89. The fraction of sp³-hybridized carbons (Fsp3) is 0.938. The molecule has 0 aromatic heterocycles. The van der Waals surface area contributed by atoms with E-state index in [2.05, 4.69) is 20.8 Å². The van der Waals surface area contributed by atoms with Crippen molar-refractivity contribution in [1.82, 2.24) is 4.90 Å². The minimum absolute atomic E-state index is 0.0164. The number of urea groups is 1. The van der Waals surface area contributed by atoms with Crippen molar-refractivity contribution < 1.29 is 4.79 Å². The van der Waals surface area contributed by atoms with Gasteiger partial charge in [-0.25, -0.2) is 4.79 Å². The van der Waals surface area contributed by atoms with Gasteiger partial charge in [0.15, 0.2) is 0 Å². The van der Waals surface area contributed by atoms with Gasteiger partial charge in [0.25, 0.3) is 0 Å². The second kappa shape index (κ2) is 5.34. The average Bonchev–Trinajstić information content (AvgIpc) is 2.39. The molecule has 1 saturated heterocycles. The van der Waals surface area contributed by atoms with Gasteiger partial charge in [-0.3, -0.25) is 0 Å². The number of carbonyl (C=O) groups excluding carboxylic acids is 1. The molecule has 1 aliphatic carbocycles. The molecule has 19 heavy (non-hydrogen) atoms. The molecule has 0 aromatic rings. The third-order valence-corrected chi connectivity index (χ3v) is 5.89. The molecule has 2 fully saturated rings. The van der Waals surface area contributed by atoms with Crippen LogP contribution in [-0.4, -0.2) is 23.0 Å². The molecule has 3 heteroatoms. The molecule has 0 spiro atoms. The standard InChI is InChI=1S/C16H30N2O/c1-13(2)16(15(3)9-5-4-6-10-15)11-7-8-12-18(16)14(17)19/h13H,4-12H2,1-3H3,(H2,17,19). The number of hydrogen-bond donors (Lipinski definition) is 1. The zero-order chi connectivity index (χ0) is 14.1. The number of carbonyl (C=O) groups is 1. The Labute approximate surface area is 117 Å². The van der Waals surface area contributed by atoms with E-state index in [0.29, 0.717) is 5.92 Å². The molecule has 2 rings (SSSR count). The summed E-state index contributed by atoms with van der Waals surface area (Å²) in [6.45, 7) is 7.82. The Bertz CT molecular complexity index is 334. The van der Waals surface area contributed by atoms with Gasteiger partial charge in [-0.2, -0.15) is 0 Å². The molecule has 1 unspecified atom stereocenters. The lowest BCUT2D eigenvalue weighted by atomic mass is 9.55. The SMILES string of the molecule is CC(C)C1(C2(C)CCCCC2)CCCCN1C(N)=O. The van der Waals surface area contributed by atoms with Crippen LogP contribution in [0.25, 0.3) is 0 Å². The van der Waals surface area contributed by atoms with Gasteiger partial charge in [0, 0.05) is 6.54 Å². The van der Waals surface area contributed by atoms with Crippen molar-refractivity contribution in [3.8, 4) is 0 Å². The van der Waals surface area contributed by atoms with Gasteiger partial charge in [-0.15, -0.1) is 0 Å². The van der Waals surface area contributed by atoms with Crippen molar-refractivity contribution >= 4 is 6.03 Å². The Kier molecular flexibility index (Phi) is 4.12. The lowest BCUT2D eigenvalue weighted by molar-refractivity contribution is -0.0770. The number of hydrogen-bond acceptors (Lipinski definition) is 1. The second-order valence-corrected chi connectivity index (χ2v) is 7.15. The molecule has 2 aliphatic rings. The van der Waals surface area contributed by atoms with Crippen LogP contribution in [0.4, 0.5) is 4.79 Å². The normalized spacial score (nSPS) is 31.5. The highest BCUT2D eigenvalue weighted by atomic mass is 16.2. The summed E-state index contributed by atoms with van der Waals surface area (Å²) < 4.78 is 0. The van der Waals surface area contributed by atoms with Crippen LogP contribution in [0.3, 0.4) is 0 Å². The van der Waals surface area contributed by atoms with Crippen LogP contribution < -0.4 is 5.73 Å². The van der Waals surface area contributed by atoms with Crippen LogP contribution in [0.1, 0.15) is 72.1 Å². The van der Waals surface area contributed by atoms with Gasteiger partial charge >= 0.3 is 6.03 Å². The summed E-state index contributed by atoms with van der Waals surface area (Å²) in [7, 11) is 0. The summed E-state index contributed by atoms with van der Waals surface area (Å²) in [5.41, 5.74) is 5.96. The Morgan fingerprint density at radius 3 is 2.16 bits per heavy atom. The van der Waals surface area contributed by atoms with Gasteiger partial charge in [0.05, 0.1) is 5.54 Å². The lowest BCUT2D eigenvalue weighted by Gasteiger charge is -2.60. The van der Waals surface area contributed by atoms with E-state index < -0.39 is 0 Å². The molecule has 0 bridgehead atoms. The fourth-order valence-electron chi connectivity index (χ4n) is 5.00. The van der Waals surface area contributed by atoms with Crippen molar-refractivity contribution in [2.24, 2.45) is 17.1 Å². The van der Waals surface area contributed by atoms with Gasteiger partial charge in [-0.1, -0.05) is 40.0 Å². The summed E-state index contributed by atoms with van der Waals surface area (Å²) in [6, 6.07) is -0.208. The Morgan fingerprint density at radius 1 is 1.05 bits per heavy atom. The van der Waals surface area contributed by atoms with E-state index in [9.17, 15) is 4.79 Å². The van der Waals surface area contributed by atoms with Gasteiger partial charge < -0.3 is 10.6 Å². The number of likely N-dealkylation sites (tertiary alicyclic amines) is 1. The van der Waals surface area contributed by atoms with E-state index in [1.165, 1.54) is 38.5 Å². The van der Waals surface area contributed by atoms with E-state index in [-0.39, 0.29) is 17.0 Å². The molecular weight excluding hydrogens is 236 g/mol. The highest BCUT2D eigenvalue weighted by Crippen LogP contribution is 2.54. The van der Waals surface area contributed by atoms with Crippen LogP contribution in [0, 0.1) is 11.3 Å². The Hall–Kier alpha value is -0.730. The molecule has 2 N–H and O–H groups in total. The van der Waals surface area contributed by atoms with Crippen LogP contribution in [0.5, 0.6) is 0 Å². The van der Waals surface area contributed by atoms with Crippen molar-refractivity contribution in [2.45, 2.75) is 77.7 Å². The van der Waals surface area contributed by atoms with Gasteiger partial charge in [-0.05, 0) is 43.4 Å². The van der Waals surface area contributed by atoms with E-state index in [1.807, 2.05) is 4.90 Å². The third kappa shape index (κ3) is 2.25. The molecule has 110 valence electrons. The highest BCUT2D eigenvalue weighted by molar-refractivity contribution is 5.73. The Morgan fingerprint density at radius 2 is 1.63 bits per heavy atom. The topological polar surface area (TPSA) is 46.3 Å². The van der Waals surface area contributed by atoms with Gasteiger partial charge in [0.1, 0.15) is 0 Å². The first-order chi connectivity index (χ1) is 8.94. The van der Waals surface area contributed by atoms with Crippen LogP contribution >= 0.6 is 0 Å². The first-order valence-corrected chi connectivity index (χ1v) is 8.01. The zero-order valence-corrected chi connectivity index (χ0v) is 12.9. The molecular formula is C16H30N2O. The second-order valence-electron chi connectivity index (χ2n) is 7.15. The van der Waals surface area contributed by atoms with Crippen molar-refractivity contribution in [3.05, 3.63) is 0 Å². The maximum absolute atomic E-state index is 12.0. The minimum atomic E-state index is -0.208. The number of amides is 2. The summed E-state index contributed by atoms with van der Waals surface area (Å²) in [5.74, 6) is 0.475. The largest absolute Gasteiger partial charge is 0.351 e. The maximum Gasteiger partial charge on any atom is 0.315 e. The summed E-state index contributed by atoms with van der Waals surface area (Å²) >= 11 is 0. The molecule has 2 amide bonds. The zero-order valence-electron chi connectivity index (χ0n) is 12.9. The summed E-state index contributed by atoms with van der Waals surface area (Å²) in [5, 5.41) is 0. The number of primary amides is 1. The van der Waals surface area contributed by atoms with Crippen molar-refractivity contribution in [1.29, 1.82) is 0 Å². The van der Waals surface area contributed by atoms with Crippen molar-refractivity contribution in [2.75, 3.05) is 6.54 Å². The molecule has 3 nitrogen and oxygen atoms in total. The summed E-state index contributed by atoms with van der Waals surface area (Å²) in [4.78, 5) is 14.0. The van der Waals surface area contributed by atoms with E-state index in [1.54, 1.807) is 0 Å². The molecule has 0 radical (unpaired) electrons. The van der Waals surface area contributed by atoms with E-state index >= 15 is 0 Å². The quantitative estimate of drug-likeness (QED) is 0.809. The minimum Gasteiger partial charge on any atom is -0.351 e. The molecule has 1 heterocycles. The van der Waals surface area contributed by atoms with Crippen LogP contribution in [-0.2, 0) is 0 Å². The van der Waals surface area contributed by atoms with Gasteiger partial charge in [0.2, 0.25) is 0 Å². The number of nitrogens with zero attached hydrogens (tertiary/aromatic N) is 1. The lowest BCUT2D eigenvalue weighted by Crippen LogP contribution is -2.67. The van der Waals surface area contributed by atoms with E-state index in [4.69, 9.17) is 5.73 Å². The highest BCUT2D eigenvalue weighted by Gasteiger charge is 2.55. The predicted molar refractivity (Wildman–Crippen MR) is 78.9 cm³/mol. The number of nitrogens with two attached hydrogens (primary N) is 1. The van der Waals surface area contributed by atoms with E-state index in [0.717, 1.165) is 19.4 Å². The fourth-order valence-corrected chi connectivity index (χ4v) is 5.00. The maximum atomic E-state index is 12.0. The molecule has 1 saturated carbocycles. The Balaban J connectivity index is 2.42. The number of rotatable bonds is 2. The molecule has 1 atom stereocenters. The first-order valence-electron chi connectivity index (χ1n) is 8.01. The van der Waals surface area contributed by atoms with Crippen molar-refractivity contribution in [3.63, 3.8) is 0 Å². The smallest absolute Gasteiger partial charge is 0.315 e. The molecule has 1 aliphatic heterocycles. The molecule has 0 aromatic carbocycles.